The number of benzene rings is 1. The highest BCUT2D eigenvalue weighted by Crippen LogP contribution is 2.27. The number of sulfonamides is 1. The second kappa shape index (κ2) is 5.92. The van der Waals surface area contributed by atoms with Crippen molar-refractivity contribution in [3.63, 3.8) is 0 Å². The minimum atomic E-state index is -3.74. The van der Waals surface area contributed by atoms with Crippen LogP contribution in [0.15, 0.2) is 23.1 Å². The highest BCUT2D eigenvalue weighted by Gasteiger charge is 2.33. The van der Waals surface area contributed by atoms with Crippen LogP contribution in [0.3, 0.4) is 0 Å². The van der Waals surface area contributed by atoms with Gasteiger partial charge in [-0.1, -0.05) is 18.5 Å². The quantitative estimate of drug-likeness (QED) is 0.872. The van der Waals surface area contributed by atoms with E-state index in [2.05, 4.69) is 0 Å². The van der Waals surface area contributed by atoms with Crippen LogP contribution in [-0.2, 0) is 10.0 Å². The van der Waals surface area contributed by atoms with Gasteiger partial charge in [-0.15, -0.1) is 0 Å². The molecule has 1 saturated heterocycles. The number of hydrogen-bond donors (Lipinski definition) is 2. The second-order valence-electron chi connectivity index (χ2n) is 5.14. The maximum Gasteiger partial charge on any atom is 0.337 e. The van der Waals surface area contributed by atoms with Crippen molar-refractivity contribution in [2.75, 3.05) is 13.1 Å². The summed E-state index contributed by atoms with van der Waals surface area (Å²) in [6.07, 6.45) is -0.129. The van der Waals surface area contributed by atoms with E-state index in [4.69, 9.17) is 16.7 Å². The minimum absolute atomic E-state index is 0.0407. The lowest BCUT2D eigenvalue weighted by Gasteiger charge is -2.33. The Kier molecular flexibility index (Phi) is 4.57. The Labute approximate surface area is 128 Å². The van der Waals surface area contributed by atoms with Crippen molar-refractivity contribution in [1.82, 2.24) is 4.31 Å². The van der Waals surface area contributed by atoms with Crippen LogP contribution in [-0.4, -0.2) is 48.1 Å². The zero-order valence-electron chi connectivity index (χ0n) is 11.4. The highest BCUT2D eigenvalue weighted by molar-refractivity contribution is 7.89. The number of aliphatic hydroxyl groups excluding tert-OH is 1. The Balaban J connectivity index is 2.32. The predicted molar refractivity (Wildman–Crippen MR) is 77.0 cm³/mol. The molecule has 2 N–H and O–H groups in total. The summed E-state index contributed by atoms with van der Waals surface area (Å²) in [5.74, 6) is -1.36. The average molecular weight is 334 g/mol. The van der Waals surface area contributed by atoms with Gasteiger partial charge in [0, 0.05) is 13.1 Å². The summed E-state index contributed by atoms with van der Waals surface area (Å²) in [6, 6.07) is 3.57. The zero-order valence-corrected chi connectivity index (χ0v) is 12.9. The molecular formula is C13H16ClNO5S. The van der Waals surface area contributed by atoms with Gasteiger partial charge in [-0.25, -0.2) is 13.2 Å². The van der Waals surface area contributed by atoms with Gasteiger partial charge in [0.05, 0.1) is 21.6 Å². The van der Waals surface area contributed by atoms with Crippen LogP contribution in [0.1, 0.15) is 23.7 Å². The van der Waals surface area contributed by atoms with Crippen LogP contribution in [0, 0.1) is 5.92 Å². The molecule has 1 heterocycles. The molecular weight excluding hydrogens is 318 g/mol. The van der Waals surface area contributed by atoms with Crippen molar-refractivity contribution in [3.05, 3.63) is 28.8 Å². The third-order valence-corrected chi connectivity index (χ3v) is 5.81. The Morgan fingerprint density at radius 2 is 2.10 bits per heavy atom. The summed E-state index contributed by atoms with van der Waals surface area (Å²) >= 11 is 5.82. The van der Waals surface area contributed by atoms with Gasteiger partial charge >= 0.3 is 5.97 Å². The first-order valence-corrected chi connectivity index (χ1v) is 8.26. The standard InChI is InChI=1S/C13H16ClNO5S/c1-8-7-15(5-4-12(8)16)21(19,20)9-2-3-10(13(17)18)11(14)6-9/h2-3,6,8,12,16H,4-5,7H2,1H3,(H,17,18). The van der Waals surface area contributed by atoms with Gasteiger partial charge in [0.25, 0.3) is 0 Å². The third kappa shape index (κ3) is 3.21. The van der Waals surface area contributed by atoms with Crippen LogP contribution in [0.2, 0.25) is 5.02 Å². The molecule has 1 aromatic rings. The van der Waals surface area contributed by atoms with E-state index in [1.165, 1.54) is 16.4 Å². The maximum atomic E-state index is 12.5. The van der Waals surface area contributed by atoms with Crippen LogP contribution in [0.25, 0.3) is 0 Å². The number of carboxylic acids is 1. The normalized spacial score (nSPS) is 24.0. The molecule has 8 heteroatoms. The molecule has 6 nitrogen and oxygen atoms in total. The van der Waals surface area contributed by atoms with E-state index < -0.39 is 22.1 Å². The number of nitrogens with zero attached hydrogens (tertiary/aromatic N) is 1. The molecule has 1 fully saturated rings. The van der Waals surface area contributed by atoms with Crippen molar-refractivity contribution in [3.8, 4) is 0 Å². The number of aliphatic hydroxyl groups is 1. The number of aromatic carboxylic acids is 1. The molecule has 0 aliphatic carbocycles. The molecule has 0 saturated carbocycles. The number of halogens is 1. The maximum absolute atomic E-state index is 12.5. The lowest BCUT2D eigenvalue weighted by molar-refractivity contribution is 0.0628. The summed E-state index contributed by atoms with van der Waals surface area (Å²) in [5, 5.41) is 18.4. The van der Waals surface area contributed by atoms with Crippen LogP contribution >= 0.6 is 11.6 Å². The lowest BCUT2D eigenvalue weighted by Crippen LogP contribution is -2.44. The molecule has 0 aromatic heterocycles. The lowest BCUT2D eigenvalue weighted by atomic mass is 9.99. The zero-order chi connectivity index (χ0) is 15.8. The first-order valence-electron chi connectivity index (χ1n) is 6.44. The molecule has 1 aliphatic heterocycles. The predicted octanol–water partition coefficient (Wildman–Crippen LogP) is 1.43. The molecule has 2 atom stereocenters. The molecule has 2 unspecified atom stereocenters. The Hall–Kier alpha value is -1.15. The molecule has 1 aliphatic rings. The SMILES string of the molecule is CC1CN(S(=O)(=O)c2ccc(C(=O)O)c(Cl)c2)CCC1O. The van der Waals surface area contributed by atoms with Crippen LogP contribution in [0.5, 0.6) is 0 Å². The molecule has 21 heavy (non-hydrogen) atoms. The highest BCUT2D eigenvalue weighted by atomic mass is 35.5. The van der Waals surface area contributed by atoms with E-state index in [1.54, 1.807) is 6.92 Å². The number of piperidine rings is 1. The van der Waals surface area contributed by atoms with Gasteiger partial charge < -0.3 is 10.2 Å². The molecule has 0 radical (unpaired) electrons. The van der Waals surface area contributed by atoms with Crippen molar-refractivity contribution in [2.24, 2.45) is 5.92 Å². The molecule has 0 bridgehead atoms. The fraction of sp³-hybridized carbons (Fsp3) is 0.462. The number of carboxylic acid groups (broad SMARTS) is 1. The fourth-order valence-corrected chi connectivity index (χ4v) is 4.20. The smallest absolute Gasteiger partial charge is 0.337 e. The molecule has 0 spiro atoms. The Morgan fingerprint density at radius 3 is 2.62 bits per heavy atom. The topological polar surface area (TPSA) is 94.9 Å². The molecule has 0 amide bonds. The van der Waals surface area contributed by atoms with E-state index in [0.717, 1.165) is 6.07 Å². The Morgan fingerprint density at radius 1 is 1.43 bits per heavy atom. The van der Waals surface area contributed by atoms with E-state index in [1.807, 2.05) is 0 Å². The van der Waals surface area contributed by atoms with Gasteiger partial charge in [0.2, 0.25) is 10.0 Å². The average Bonchev–Trinajstić information content (AvgIpc) is 2.41. The van der Waals surface area contributed by atoms with Gasteiger partial charge in [-0.3, -0.25) is 0 Å². The van der Waals surface area contributed by atoms with Gasteiger partial charge in [0.15, 0.2) is 0 Å². The van der Waals surface area contributed by atoms with Gasteiger partial charge in [0.1, 0.15) is 0 Å². The van der Waals surface area contributed by atoms with E-state index >= 15 is 0 Å². The largest absolute Gasteiger partial charge is 0.478 e. The van der Waals surface area contributed by atoms with E-state index in [-0.39, 0.29) is 34.5 Å². The van der Waals surface area contributed by atoms with Crippen LogP contribution < -0.4 is 0 Å². The summed E-state index contributed by atoms with van der Waals surface area (Å²) in [6.45, 7) is 2.24. The first-order chi connectivity index (χ1) is 9.73. The van der Waals surface area contributed by atoms with Crippen molar-refractivity contribution in [1.29, 1.82) is 0 Å². The number of carbonyl (C=O) groups is 1. The third-order valence-electron chi connectivity index (χ3n) is 3.63. The number of rotatable bonds is 3. The van der Waals surface area contributed by atoms with E-state index in [9.17, 15) is 18.3 Å². The first kappa shape index (κ1) is 16.2. The van der Waals surface area contributed by atoms with Crippen molar-refractivity contribution < 1.29 is 23.4 Å². The summed E-state index contributed by atoms with van der Waals surface area (Å²) in [7, 11) is -3.74. The monoisotopic (exact) mass is 333 g/mol. The van der Waals surface area contributed by atoms with Gasteiger partial charge in [-0.2, -0.15) is 4.31 Å². The molecule has 2 rings (SSSR count). The second-order valence-corrected chi connectivity index (χ2v) is 7.49. The van der Waals surface area contributed by atoms with Gasteiger partial charge in [-0.05, 0) is 30.5 Å². The van der Waals surface area contributed by atoms with E-state index in [0.29, 0.717) is 6.42 Å². The fourth-order valence-electron chi connectivity index (χ4n) is 2.29. The minimum Gasteiger partial charge on any atom is -0.478 e. The summed E-state index contributed by atoms with van der Waals surface area (Å²) in [4.78, 5) is 10.9. The number of hydrogen-bond acceptors (Lipinski definition) is 4. The van der Waals surface area contributed by atoms with Crippen molar-refractivity contribution >= 4 is 27.6 Å². The summed E-state index contributed by atoms with van der Waals surface area (Å²) < 4.78 is 26.3. The molecule has 1 aromatic carbocycles. The van der Waals surface area contributed by atoms with Crippen LogP contribution in [0.4, 0.5) is 0 Å². The Bertz CT molecular complexity index is 661. The molecule has 116 valence electrons. The van der Waals surface area contributed by atoms with Crippen molar-refractivity contribution in [2.45, 2.75) is 24.3 Å². The summed E-state index contributed by atoms with van der Waals surface area (Å²) in [5.41, 5.74) is -0.141.